The average molecular weight is 829 g/mol. The van der Waals surface area contributed by atoms with Gasteiger partial charge in [0.2, 0.25) is 11.8 Å². The minimum Gasteiger partial charge on any atom is -0.335 e. The summed E-state index contributed by atoms with van der Waals surface area (Å²) in [7, 11) is -3.94. The number of hydrogen-bond acceptors (Lipinski definition) is 5. The molecule has 0 radical (unpaired) electrons. The van der Waals surface area contributed by atoms with Gasteiger partial charge in [-0.05, 0) is 42.7 Å². The first kappa shape index (κ1) is 27.6. The van der Waals surface area contributed by atoms with Crippen LogP contribution in [0.15, 0.2) is 57.9 Å². The van der Waals surface area contributed by atoms with Crippen molar-refractivity contribution in [2.75, 3.05) is 6.54 Å². The zero-order chi connectivity index (χ0) is 26.8. The summed E-state index contributed by atoms with van der Waals surface area (Å²) in [6.45, 7) is -0.126. The van der Waals surface area contributed by atoms with Gasteiger partial charge in [-0.2, -0.15) is 5.26 Å². The van der Waals surface area contributed by atoms with Crippen LogP contribution in [0.1, 0.15) is 24.8 Å². The topological polar surface area (TPSA) is 107 Å². The maximum Gasteiger partial charge on any atom is 0.244 e. The van der Waals surface area contributed by atoms with Crippen LogP contribution >= 0.6 is 72.7 Å². The molecule has 0 bridgehead atoms. The van der Waals surface area contributed by atoms with E-state index < -0.39 is 38.0 Å². The largest absolute Gasteiger partial charge is 0.335 e. The molecule has 0 spiro atoms. The molecule has 12 heteroatoms. The van der Waals surface area contributed by atoms with Crippen molar-refractivity contribution in [1.82, 2.24) is 10.2 Å². The Hall–Kier alpha value is -0.950. The summed E-state index contributed by atoms with van der Waals surface area (Å²) in [5, 5.41) is 11.5. The highest BCUT2D eigenvalue weighted by Gasteiger charge is 2.64. The molecule has 7 nitrogen and oxygen atoms in total. The van der Waals surface area contributed by atoms with Gasteiger partial charge in [0.15, 0.2) is 9.84 Å². The molecule has 2 aromatic carbocycles. The van der Waals surface area contributed by atoms with E-state index in [4.69, 9.17) is 11.6 Å². The molecule has 2 aromatic rings. The van der Waals surface area contributed by atoms with Gasteiger partial charge in [0, 0.05) is 21.4 Å². The number of nitrogens with one attached hydrogen (secondary N) is 1. The normalized spacial score (nSPS) is 32.5. The number of hydrogen-bond donors (Lipinski definition) is 1. The Kier molecular flexibility index (Phi) is 7.39. The summed E-state index contributed by atoms with van der Waals surface area (Å²) in [6, 6.07) is 14.9. The van der Waals surface area contributed by atoms with Crippen LogP contribution in [0.2, 0.25) is 5.02 Å². The molecule has 6 atom stereocenters. The minimum absolute atomic E-state index is 0.00863. The van der Waals surface area contributed by atoms with E-state index in [9.17, 15) is 23.3 Å². The second-order valence-corrected chi connectivity index (χ2v) is 16.2. The number of likely N-dealkylation sites (tertiary alicyclic amines) is 1. The lowest BCUT2D eigenvalue weighted by molar-refractivity contribution is -0.140. The SMILES string of the molecule is N#CC1(NC(=O)[C@@H]2C[C@@H](S(=O)(=O)c3ccccc3Cl)CN2C(=O)C2(c3ccc(Br)cc3)CC2I)CC1I. The van der Waals surface area contributed by atoms with Crippen LogP contribution in [0.3, 0.4) is 0 Å². The lowest BCUT2D eigenvalue weighted by Crippen LogP contribution is -2.52. The predicted octanol–water partition coefficient (Wildman–Crippen LogP) is 4.58. The molecule has 3 fully saturated rings. The fourth-order valence-corrected chi connectivity index (χ4v) is 9.81. The smallest absolute Gasteiger partial charge is 0.244 e. The summed E-state index contributed by atoms with van der Waals surface area (Å²) >= 11 is 14.0. The van der Waals surface area contributed by atoms with Gasteiger partial charge in [0.25, 0.3) is 0 Å². The van der Waals surface area contributed by atoms with E-state index >= 15 is 0 Å². The summed E-state index contributed by atoms with van der Waals surface area (Å²) in [6.07, 6.45) is 1.04. The molecule has 2 aliphatic carbocycles. The van der Waals surface area contributed by atoms with E-state index in [1.165, 1.54) is 17.0 Å². The molecule has 1 N–H and O–H groups in total. The van der Waals surface area contributed by atoms with Crippen molar-refractivity contribution >= 4 is 94.4 Å². The zero-order valence-corrected chi connectivity index (χ0v) is 26.7. The molecular formula is C25H21BrClI2N3O4S. The van der Waals surface area contributed by atoms with Crippen molar-refractivity contribution in [3.63, 3.8) is 0 Å². The molecule has 3 aliphatic rings. The highest BCUT2D eigenvalue weighted by molar-refractivity contribution is 14.1. The lowest BCUT2D eigenvalue weighted by atomic mass is 9.94. The number of halogens is 4. The molecular weight excluding hydrogens is 808 g/mol. The number of rotatable bonds is 6. The Labute approximate surface area is 256 Å². The van der Waals surface area contributed by atoms with Crippen LogP contribution < -0.4 is 5.32 Å². The molecule has 5 rings (SSSR count). The van der Waals surface area contributed by atoms with E-state index in [1.807, 2.05) is 24.3 Å². The van der Waals surface area contributed by atoms with Crippen molar-refractivity contribution in [1.29, 1.82) is 5.26 Å². The number of sulfone groups is 1. The minimum atomic E-state index is -3.94. The summed E-state index contributed by atoms with van der Waals surface area (Å²) in [5.74, 6) is -0.762. The Balaban J connectivity index is 1.50. The second-order valence-electron chi connectivity index (χ2n) is 9.70. The van der Waals surface area contributed by atoms with Gasteiger partial charge in [-0.3, -0.25) is 9.59 Å². The van der Waals surface area contributed by atoms with Crippen molar-refractivity contribution in [2.24, 2.45) is 0 Å². The van der Waals surface area contributed by atoms with E-state index in [1.54, 1.807) is 12.1 Å². The summed E-state index contributed by atoms with van der Waals surface area (Å²) in [4.78, 5) is 29.1. The number of amides is 2. The van der Waals surface area contributed by atoms with Gasteiger partial charge in [-0.25, -0.2) is 8.42 Å². The lowest BCUT2D eigenvalue weighted by Gasteiger charge is -2.29. The number of alkyl halides is 2. The van der Waals surface area contributed by atoms with Gasteiger partial charge in [0.1, 0.15) is 11.6 Å². The second kappa shape index (κ2) is 9.91. The number of benzene rings is 2. The van der Waals surface area contributed by atoms with Crippen molar-refractivity contribution in [3.8, 4) is 6.07 Å². The molecule has 37 heavy (non-hydrogen) atoms. The van der Waals surface area contributed by atoms with Gasteiger partial charge >= 0.3 is 0 Å². The Morgan fingerprint density at radius 3 is 2.27 bits per heavy atom. The van der Waals surface area contributed by atoms with E-state index in [0.717, 1.165) is 10.0 Å². The van der Waals surface area contributed by atoms with Gasteiger partial charge in [-0.15, -0.1) is 0 Å². The first-order valence-electron chi connectivity index (χ1n) is 11.5. The van der Waals surface area contributed by atoms with Crippen LogP contribution in [0.4, 0.5) is 0 Å². The average Bonchev–Trinajstić information content (AvgIpc) is 3.65. The number of carbonyl (C=O) groups is 2. The first-order valence-corrected chi connectivity index (χ1v) is 16.7. The highest BCUT2D eigenvalue weighted by Crippen LogP contribution is 2.56. The van der Waals surface area contributed by atoms with Gasteiger partial charge < -0.3 is 10.2 Å². The molecule has 1 aliphatic heterocycles. The monoisotopic (exact) mass is 827 g/mol. The molecule has 1 heterocycles. The third-order valence-electron chi connectivity index (χ3n) is 7.45. The molecule has 1 saturated heterocycles. The molecule has 4 unspecified atom stereocenters. The molecule has 2 amide bonds. The number of carbonyl (C=O) groups excluding carboxylic acids is 2. The quantitative estimate of drug-likeness (QED) is 0.340. The van der Waals surface area contributed by atoms with Crippen molar-refractivity contribution in [2.45, 2.75) is 54.3 Å². The van der Waals surface area contributed by atoms with E-state index in [-0.39, 0.29) is 36.6 Å². The van der Waals surface area contributed by atoms with Crippen LogP contribution in [-0.2, 0) is 24.8 Å². The maximum absolute atomic E-state index is 14.2. The van der Waals surface area contributed by atoms with Crippen LogP contribution in [0.5, 0.6) is 0 Å². The number of nitrogens with zero attached hydrogens (tertiary/aromatic N) is 2. The number of nitriles is 1. The van der Waals surface area contributed by atoms with E-state index in [0.29, 0.717) is 12.8 Å². The molecule has 0 aromatic heterocycles. The summed E-state index contributed by atoms with van der Waals surface area (Å²) < 4.78 is 28.1. The summed E-state index contributed by atoms with van der Waals surface area (Å²) in [5.41, 5.74) is -0.984. The third-order valence-corrected chi connectivity index (χ3v) is 13.6. The van der Waals surface area contributed by atoms with Gasteiger partial charge in [0.05, 0.1) is 30.6 Å². The van der Waals surface area contributed by atoms with Crippen LogP contribution in [-0.4, -0.2) is 56.4 Å². The highest BCUT2D eigenvalue weighted by atomic mass is 127. The maximum atomic E-state index is 14.2. The molecule has 2 saturated carbocycles. The van der Waals surface area contributed by atoms with Crippen LogP contribution in [0, 0.1) is 11.3 Å². The fourth-order valence-electron chi connectivity index (χ4n) is 5.02. The fraction of sp³-hybridized carbons (Fsp3) is 0.400. The van der Waals surface area contributed by atoms with E-state index in [2.05, 4.69) is 72.5 Å². The van der Waals surface area contributed by atoms with Crippen molar-refractivity contribution < 1.29 is 18.0 Å². The molecule has 194 valence electrons. The Bertz CT molecular complexity index is 1440. The van der Waals surface area contributed by atoms with Crippen LogP contribution in [0.25, 0.3) is 0 Å². The Morgan fingerprint density at radius 2 is 1.73 bits per heavy atom. The van der Waals surface area contributed by atoms with Gasteiger partial charge in [-0.1, -0.05) is 97.0 Å². The van der Waals surface area contributed by atoms with Crippen molar-refractivity contribution in [3.05, 3.63) is 63.6 Å². The standard InChI is InChI=1S/C25H21BrClI2N3O4S/c26-15-7-5-14(6-8-15)25(11-21(25)29)23(34)32-12-16(37(35,36)19-4-2-1-3-17(19)27)9-18(32)22(33)31-24(13-30)10-20(24)28/h1-8,16,18,20-21H,9-12H2,(H,31,33)/t16-,18+,20?,21?,24?,25?/m1/s1. The predicted molar refractivity (Wildman–Crippen MR) is 160 cm³/mol. The Morgan fingerprint density at radius 1 is 1.11 bits per heavy atom. The zero-order valence-electron chi connectivity index (χ0n) is 19.2. The third kappa shape index (κ3) is 4.72. The first-order chi connectivity index (χ1) is 17.5.